The molecule has 0 atom stereocenters. The van der Waals surface area contributed by atoms with Gasteiger partial charge in [-0.25, -0.2) is 0 Å². The lowest BCUT2D eigenvalue weighted by Gasteiger charge is -2.07. The van der Waals surface area contributed by atoms with Gasteiger partial charge in [0.1, 0.15) is 0 Å². The number of nitrogens with one attached hydrogen (secondary N) is 1. The predicted octanol–water partition coefficient (Wildman–Crippen LogP) is 2.83. The second-order valence-corrected chi connectivity index (χ2v) is 8.96. The third-order valence-corrected chi connectivity index (χ3v) is 7.11. The predicted molar refractivity (Wildman–Crippen MR) is 104 cm³/mol. The number of carbonyl (C=O) groups is 1. The summed E-state index contributed by atoms with van der Waals surface area (Å²) >= 11 is 5.35. The van der Waals surface area contributed by atoms with Gasteiger partial charge in [-0.2, -0.15) is 0 Å². The van der Waals surface area contributed by atoms with E-state index >= 15 is 0 Å². The highest BCUT2D eigenvalue weighted by atomic mass is 127. The summed E-state index contributed by atoms with van der Waals surface area (Å²) in [6, 6.07) is 27.1. The van der Waals surface area contributed by atoms with Crippen molar-refractivity contribution in [1.82, 2.24) is 0 Å². The van der Waals surface area contributed by atoms with Crippen LogP contribution in [0.5, 0.6) is 0 Å². The molecule has 0 saturated carbocycles. The molecule has 0 aliphatic carbocycles. The molecule has 0 aliphatic heterocycles. The highest BCUT2D eigenvalue weighted by molar-refractivity contribution is 6.30. The summed E-state index contributed by atoms with van der Waals surface area (Å²) in [4.78, 5) is 13.1. The minimum atomic E-state index is -0.609. The average Bonchev–Trinajstić information content (AvgIpc) is 2.69. The van der Waals surface area contributed by atoms with Crippen molar-refractivity contribution in [3.05, 3.63) is 108 Å². The Bertz CT molecular complexity index is 906. The molecule has 0 unspecified atom stereocenters. The van der Waals surface area contributed by atoms with E-state index in [0.29, 0.717) is 5.02 Å². The highest BCUT2D eigenvalue weighted by Crippen LogP contribution is 2.16. The molecule has 0 spiro atoms. The number of benzene rings is 3. The fourth-order valence-corrected chi connectivity index (χ4v) is 5.01. The molecule has 0 amide bonds. The second-order valence-electron chi connectivity index (χ2n) is 5.66. The first-order chi connectivity index (χ1) is 12.6. The number of Topliss-reactive ketones (excluding diaryl/α,β-unsaturated/α-hetero) is 1. The topological polar surface area (TPSA) is 29.1 Å². The molecule has 3 aromatic carbocycles. The van der Waals surface area contributed by atoms with E-state index in [1.807, 2.05) is 79.7 Å². The lowest BCUT2D eigenvalue weighted by atomic mass is 10.1. The van der Waals surface area contributed by atoms with E-state index in [9.17, 15) is 4.79 Å². The number of hydrogen-bond acceptors (Lipinski definition) is 2. The lowest BCUT2D eigenvalue weighted by Crippen LogP contribution is -3.61. The minimum Gasteiger partial charge on any atom is -0.355 e. The van der Waals surface area contributed by atoms with Gasteiger partial charge >= 0.3 is 21.2 Å². The first-order valence-electron chi connectivity index (χ1n) is 8.16. The first-order valence-corrected chi connectivity index (χ1v) is 10.7. The Morgan fingerprint density at radius 3 is 2.04 bits per heavy atom. The quantitative estimate of drug-likeness (QED) is 0.338. The molecule has 3 rings (SSSR count). The smallest absolute Gasteiger partial charge is 0.355 e. The average molecular weight is 475 g/mol. The van der Waals surface area contributed by atoms with Crippen molar-refractivity contribution in [3.63, 3.8) is 0 Å². The Labute approximate surface area is 169 Å². The van der Waals surface area contributed by atoms with Crippen molar-refractivity contribution in [2.24, 2.45) is 0 Å². The van der Waals surface area contributed by atoms with Crippen LogP contribution < -0.4 is 26.5 Å². The summed E-state index contributed by atoms with van der Waals surface area (Å²) in [5.74, 6) is 0.0845. The molecule has 130 valence electrons. The number of anilines is 1. The zero-order valence-electron chi connectivity index (χ0n) is 14.2. The van der Waals surface area contributed by atoms with Gasteiger partial charge in [0.25, 0.3) is 3.58 Å². The monoisotopic (exact) mass is 474 g/mol. The van der Waals surface area contributed by atoms with Gasteiger partial charge in [-0.05, 0) is 43.3 Å². The SMILES string of the molecule is C/C(Nc1ccc(Cl)cc1)=C(\[I+]c1ccccc1)C(=O)c1ccccc1. The molecule has 0 aromatic heterocycles. The fourth-order valence-electron chi connectivity index (χ4n) is 2.39. The van der Waals surface area contributed by atoms with Crippen LogP contribution in [0.15, 0.2) is 94.2 Å². The fraction of sp³-hybridized carbons (Fsp3) is 0.0455. The highest BCUT2D eigenvalue weighted by Gasteiger charge is 2.30. The van der Waals surface area contributed by atoms with Gasteiger partial charge in [-0.1, -0.05) is 60.1 Å². The molecule has 0 aliphatic rings. The van der Waals surface area contributed by atoms with Gasteiger partial charge in [0.2, 0.25) is 5.78 Å². The van der Waals surface area contributed by atoms with E-state index in [1.165, 1.54) is 3.57 Å². The molecule has 0 heterocycles. The van der Waals surface area contributed by atoms with Crippen LogP contribution >= 0.6 is 11.6 Å². The zero-order chi connectivity index (χ0) is 18.4. The van der Waals surface area contributed by atoms with E-state index in [2.05, 4.69) is 17.4 Å². The third-order valence-electron chi connectivity index (χ3n) is 3.68. The minimum absolute atomic E-state index is 0.0845. The maximum absolute atomic E-state index is 13.1. The van der Waals surface area contributed by atoms with E-state index in [-0.39, 0.29) is 5.78 Å². The molecule has 4 heteroatoms. The summed E-state index contributed by atoms with van der Waals surface area (Å²) in [7, 11) is 0. The van der Waals surface area contributed by atoms with Crippen molar-refractivity contribution in [2.75, 3.05) is 5.32 Å². The maximum Gasteiger partial charge on any atom is 0.364 e. The molecule has 26 heavy (non-hydrogen) atoms. The molecule has 0 saturated heterocycles. The summed E-state index contributed by atoms with van der Waals surface area (Å²) in [6.07, 6.45) is 0. The van der Waals surface area contributed by atoms with Crippen molar-refractivity contribution >= 4 is 23.1 Å². The Kier molecular flexibility index (Phi) is 6.47. The van der Waals surface area contributed by atoms with Crippen LogP contribution in [0.3, 0.4) is 0 Å². The van der Waals surface area contributed by atoms with Crippen LogP contribution in [0.2, 0.25) is 5.02 Å². The van der Waals surface area contributed by atoms with Crippen LogP contribution in [0, 0.1) is 3.57 Å². The normalized spacial score (nSPS) is 11.6. The number of ketones is 1. The number of hydrogen-bond donors (Lipinski definition) is 1. The van der Waals surface area contributed by atoms with Crippen molar-refractivity contribution in [2.45, 2.75) is 6.92 Å². The van der Waals surface area contributed by atoms with Crippen molar-refractivity contribution in [3.8, 4) is 0 Å². The number of rotatable bonds is 6. The lowest BCUT2D eigenvalue weighted by molar-refractivity contribution is -0.570. The Morgan fingerprint density at radius 1 is 0.846 bits per heavy atom. The zero-order valence-corrected chi connectivity index (χ0v) is 17.2. The molecule has 2 nitrogen and oxygen atoms in total. The molecule has 3 aromatic rings. The first kappa shape index (κ1) is 18.7. The largest absolute Gasteiger partial charge is 0.364 e. The van der Waals surface area contributed by atoms with E-state index in [4.69, 9.17) is 11.6 Å². The van der Waals surface area contributed by atoms with Crippen LogP contribution in [0.25, 0.3) is 0 Å². The Balaban J connectivity index is 1.95. The standard InChI is InChI=1S/C22H17ClINO/c1-16(25-20-14-12-18(23)13-15-20)21(24-19-10-6-3-7-11-19)22(26)17-8-4-2-5-9-17/h2-15H,1H3/p+1. The van der Waals surface area contributed by atoms with Gasteiger partial charge in [-0.15, -0.1) is 0 Å². The number of allylic oxidation sites excluding steroid dienone is 2. The van der Waals surface area contributed by atoms with Gasteiger partial charge in [0.15, 0.2) is 3.57 Å². The summed E-state index contributed by atoms with van der Waals surface area (Å²) < 4.78 is 2.07. The van der Waals surface area contributed by atoms with Crippen molar-refractivity contribution in [1.29, 1.82) is 0 Å². The van der Waals surface area contributed by atoms with Crippen molar-refractivity contribution < 1.29 is 26.0 Å². The molecule has 0 radical (unpaired) electrons. The van der Waals surface area contributed by atoms with E-state index in [0.717, 1.165) is 20.5 Å². The second kappa shape index (κ2) is 9.01. The van der Waals surface area contributed by atoms with Gasteiger partial charge in [0.05, 0.1) is 5.70 Å². The molecular formula is C22H18ClINO+. The number of halogens is 2. The van der Waals surface area contributed by atoms with Crippen LogP contribution in [0.4, 0.5) is 5.69 Å². The molecular weight excluding hydrogens is 457 g/mol. The van der Waals surface area contributed by atoms with Gasteiger partial charge < -0.3 is 5.32 Å². The van der Waals surface area contributed by atoms with Crippen LogP contribution in [-0.2, 0) is 0 Å². The third kappa shape index (κ3) is 4.96. The summed E-state index contributed by atoms with van der Waals surface area (Å²) in [5, 5.41) is 4.06. The Hall–Kier alpha value is -2.11. The van der Waals surface area contributed by atoms with E-state index in [1.54, 1.807) is 0 Å². The molecule has 1 N–H and O–H groups in total. The van der Waals surface area contributed by atoms with Gasteiger partial charge in [-0.3, -0.25) is 4.79 Å². The maximum atomic E-state index is 13.1. The summed E-state index contributed by atoms with van der Waals surface area (Å²) in [5.41, 5.74) is 2.52. The van der Waals surface area contributed by atoms with Crippen LogP contribution in [-0.4, -0.2) is 5.78 Å². The summed E-state index contributed by atoms with van der Waals surface area (Å²) in [6.45, 7) is 1.97. The number of carbonyl (C=O) groups excluding carboxylic acids is 1. The molecule has 0 fully saturated rings. The van der Waals surface area contributed by atoms with Crippen LogP contribution in [0.1, 0.15) is 17.3 Å². The van der Waals surface area contributed by atoms with Gasteiger partial charge in [0, 0.05) is 16.3 Å². The molecule has 0 bridgehead atoms. The Morgan fingerprint density at radius 2 is 1.42 bits per heavy atom. The van der Waals surface area contributed by atoms with E-state index < -0.39 is 21.2 Å².